The zero-order valence-corrected chi connectivity index (χ0v) is 41.1. The highest BCUT2D eigenvalue weighted by Crippen LogP contribution is 2.44. The standard InChI is InChI=1S/C63H41N3O3S3/c1-69-62-42(24-18-40-20-26-46(27-21-40)65-53-14-6-2-10-49(53)50-11-3-7-15-54(50)65)36-44(57-32-33-60(71-57)61-35-34-59(72-61)58-31-30-48(70-58)38-45(39-64)63(67)68)37-43(62)25-19-41-22-28-47(29-23-41)66-55-16-8-4-12-51(55)52-13-5-9-17-56(52)66/h2-38H,1H3,(H,67,68)/b24-18+,25-19+,45-38-. The van der Waals surface area contributed by atoms with E-state index in [4.69, 9.17) is 4.74 Å². The quantitative estimate of drug-likeness (QED) is 0.0751. The highest BCUT2D eigenvalue weighted by atomic mass is 32.1. The second kappa shape index (κ2) is 18.9. The number of nitriles is 1. The van der Waals surface area contributed by atoms with Gasteiger partial charge in [-0.05, 0) is 120 Å². The van der Waals surface area contributed by atoms with Crippen molar-refractivity contribution in [1.82, 2.24) is 9.13 Å². The van der Waals surface area contributed by atoms with E-state index in [1.54, 1.807) is 35.9 Å². The van der Waals surface area contributed by atoms with Gasteiger partial charge in [0.25, 0.3) is 0 Å². The molecular weight excluding hydrogens is 943 g/mol. The Morgan fingerprint density at radius 3 is 1.31 bits per heavy atom. The van der Waals surface area contributed by atoms with E-state index in [0.717, 1.165) is 74.2 Å². The normalized spacial score (nSPS) is 12.0. The van der Waals surface area contributed by atoms with E-state index in [1.165, 1.54) is 61.0 Å². The maximum absolute atomic E-state index is 11.4. The third kappa shape index (κ3) is 8.23. The molecule has 0 radical (unpaired) electrons. The van der Waals surface area contributed by atoms with Crippen LogP contribution in [0.5, 0.6) is 5.75 Å². The SMILES string of the molecule is COc1c(/C=C/c2ccc(-n3c4ccccc4c4ccccc43)cc2)cc(-c2ccc(-c3ccc(-c4ccc(/C=C(/C#N)C(=O)O)s4)s3)s2)cc1/C=C/c1ccc(-n2c3ccccc3c3ccccc32)cc1. The van der Waals surface area contributed by atoms with Crippen molar-refractivity contribution >= 4 is 114 Å². The van der Waals surface area contributed by atoms with E-state index in [9.17, 15) is 15.2 Å². The van der Waals surface area contributed by atoms with Gasteiger partial charge in [-0.15, -0.1) is 34.0 Å². The first kappa shape index (κ1) is 44.4. The minimum atomic E-state index is -1.23. The van der Waals surface area contributed by atoms with E-state index in [-0.39, 0.29) is 5.57 Å². The topological polar surface area (TPSA) is 80.2 Å². The molecule has 1 N–H and O–H groups in total. The third-order valence-corrected chi connectivity index (χ3v) is 16.6. The Morgan fingerprint density at radius 2 is 0.889 bits per heavy atom. The zero-order chi connectivity index (χ0) is 48.7. The number of aliphatic carboxylic acids is 1. The van der Waals surface area contributed by atoms with E-state index in [2.05, 4.69) is 215 Å². The maximum atomic E-state index is 11.4. The molecule has 0 saturated carbocycles. The molecule has 6 nitrogen and oxygen atoms in total. The molecule has 0 aliphatic rings. The summed E-state index contributed by atoms with van der Waals surface area (Å²) in [6.45, 7) is 0. The fourth-order valence-electron chi connectivity index (χ4n) is 9.62. The molecule has 5 aromatic heterocycles. The molecule has 0 aliphatic carbocycles. The van der Waals surface area contributed by atoms with Crippen LogP contribution in [0.15, 0.2) is 200 Å². The summed E-state index contributed by atoms with van der Waals surface area (Å²) >= 11 is 4.90. The van der Waals surface area contributed by atoms with Gasteiger partial charge in [0.05, 0.1) is 29.2 Å². The van der Waals surface area contributed by atoms with Gasteiger partial charge in [0, 0.05) is 73.3 Å². The van der Waals surface area contributed by atoms with Crippen LogP contribution in [0, 0.1) is 11.3 Å². The van der Waals surface area contributed by atoms with Crippen molar-refractivity contribution in [3.8, 4) is 53.1 Å². The average molecular weight is 984 g/mol. The predicted molar refractivity (Wildman–Crippen MR) is 304 cm³/mol. The first-order valence-electron chi connectivity index (χ1n) is 23.3. The number of methoxy groups -OCH3 is 1. The number of rotatable bonds is 12. The van der Waals surface area contributed by atoms with Crippen LogP contribution in [0.1, 0.15) is 27.1 Å². The number of carboxylic acid groups (broad SMARTS) is 1. The number of hydrogen-bond acceptors (Lipinski definition) is 6. The highest BCUT2D eigenvalue weighted by Gasteiger charge is 2.17. The van der Waals surface area contributed by atoms with Crippen LogP contribution in [0.3, 0.4) is 0 Å². The fourth-order valence-corrected chi connectivity index (χ4v) is 12.7. The van der Waals surface area contributed by atoms with Gasteiger partial charge >= 0.3 is 5.97 Å². The van der Waals surface area contributed by atoms with Crippen LogP contribution in [0.25, 0.3) is 115 Å². The first-order chi connectivity index (χ1) is 35.4. The molecule has 0 atom stereocenters. The van der Waals surface area contributed by atoms with Crippen molar-refractivity contribution < 1.29 is 14.6 Å². The Labute approximate surface area is 427 Å². The van der Waals surface area contributed by atoms with Crippen molar-refractivity contribution in [3.63, 3.8) is 0 Å². The summed E-state index contributed by atoms with van der Waals surface area (Å²) in [6.07, 6.45) is 10.0. The molecule has 12 rings (SSSR count). The van der Waals surface area contributed by atoms with E-state index in [1.807, 2.05) is 12.1 Å². The van der Waals surface area contributed by atoms with Gasteiger partial charge in [-0.1, -0.05) is 121 Å². The first-order valence-corrected chi connectivity index (χ1v) is 25.8. The lowest BCUT2D eigenvalue weighted by Crippen LogP contribution is -1.96. The second-order valence-corrected chi connectivity index (χ2v) is 20.6. The molecule has 344 valence electrons. The van der Waals surface area contributed by atoms with Crippen molar-refractivity contribution in [3.05, 3.63) is 227 Å². The lowest BCUT2D eigenvalue weighted by atomic mass is 10.0. The number of carbonyl (C=O) groups is 1. The van der Waals surface area contributed by atoms with Gasteiger partial charge in [0.15, 0.2) is 0 Å². The molecule has 72 heavy (non-hydrogen) atoms. The van der Waals surface area contributed by atoms with Crippen molar-refractivity contribution in [2.45, 2.75) is 0 Å². The van der Waals surface area contributed by atoms with Crippen LogP contribution < -0.4 is 4.74 Å². The Morgan fingerprint density at radius 1 is 0.500 bits per heavy atom. The Kier molecular flexibility index (Phi) is 11.6. The molecule has 0 fully saturated rings. The van der Waals surface area contributed by atoms with E-state index in [0.29, 0.717) is 0 Å². The molecule has 9 heteroatoms. The minimum absolute atomic E-state index is 0.285. The minimum Gasteiger partial charge on any atom is -0.496 e. The number of nitrogens with zero attached hydrogens (tertiary/aromatic N) is 3. The summed E-state index contributed by atoms with van der Waals surface area (Å²) in [5.74, 6) is -0.448. The van der Waals surface area contributed by atoms with Gasteiger partial charge in [0.2, 0.25) is 0 Å². The van der Waals surface area contributed by atoms with Crippen LogP contribution in [0.4, 0.5) is 0 Å². The molecule has 12 aromatic rings. The number of para-hydroxylation sites is 4. The number of fused-ring (bicyclic) bond motifs is 6. The summed E-state index contributed by atoms with van der Waals surface area (Å²) in [5.41, 5.74) is 11.8. The van der Waals surface area contributed by atoms with Crippen molar-refractivity contribution in [2.24, 2.45) is 0 Å². The molecular formula is C63H41N3O3S3. The second-order valence-electron chi connectivity index (χ2n) is 17.3. The maximum Gasteiger partial charge on any atom is 0.346 e. The highest BCUT2D eigenvalue weighted by molar-refractivity contribution is 7.27. The Bertz CT molecular complexity index is 3890. The molecule has 0 unspecified atom stereocenters. The lowest BCUT2D eigenvalue weighted by molar-refractivity contribution is -0.132. The van der Waals surface area contributed by atoms with Crippen LogP contribution in [-0.4, -0.2) is 27.3 Å². The van der Waals surface area contributed by atoms with Crippen LogP contribution in [0.2, 0.25) is 0 Å². The largest absolute Gasteiger partial charge is 0.496 e. The van der Waals surface area contributed by atoms with Crippen LogP contribution in [-0.2, 0) is 4.79 Å². The average Bonchev–Trinajstić information content (AvgIpc) is 4.29. The smallest absolute Gasteiger partial charge is 0.346 e. The number of carboxylic acids is 1. The van der Waals surface area contributed by atoms with Crippen molar-refractivity contribution in [1.29, 1.82) is 5.26 Å². The van der Waals surface area contributed by atoms with Gasteiger partial charge in [-0.2, -0.15) is 5.26 Å². The van der Waals surface area contributed by atoms with Gasteiger partial charge < -0.3 is 19.0 Å². The van der Waals surface area contributed by atoms with Gasteiger partial charge in [0.1, 0.15) is 17.4 Å². The van der Waals surface area contributed by atoms with Crippen molar-refractivity contribution in [2.75, 3.05) is 7.11 Å². The number of thiophene rings is 3. The molecule has 0 aliphatic heterocycles. The van der Waals surface area contributed by atoms with E-state index >= 15 is 0 Å². The number of aromatic nitrogens is 2. The molecule has 5 heterocycles. The van der Waals surface area contributed by atoms with E-state index < -0.39 is 5.97 Å². The third-order valence-electron chi connectivity index (χ3n) is 13.0. The Hall–Kier alpha value is -8.78. The molecule has 0 spiro atoms. The number of ether oxygens (including phenoxy) is 1. The summed E-state index contributed by atoms with van der Waals surface area (Å²) in [5, 5.41) is 23.6. The fraction of sp³-hybridized carbons (Fsp3) is 0.0159. The van der Waals surface area contributed by atoms with Crippen LogP contribution >= 0.6 is 34.0 Å². The number of benzene rings is 7. The predicted octanol–water partition coefficient (Wildman–Crippen LogP) is 17.4. The summed E-state index contributed by atoms with van der Waals surface area (Å²) in [6, 6.07) is 70.4. The summed E-state index contributed by atoms with van der Waals surface area (Å²) in [7, 11) is 1.74. The molecule has 0 saturated heterocycles. The van der Waals surface area contributed by atoms with Gasteiger partial charge in [-0.25, -0.2) is 4.79 Å². The lowest BCUT2D eigenvalue weighted by Gasteiger charge is -2.12. The summed E-state index contributed by atoms with van der Waals surface area (Å²) in [4.78, 5) is 17.7. The monoisotopic (exact) mass is 983 g/mol. The number of hydrogen-bond donors (Lipinski definition) is 1. The summed E-state index contributed by atoms with van der Waals surface area (Å²) < 4.78 is 10.9. The Balaban J connectivity index is 0.884. The molecule has 0 amide bonds. The molecule has 7 aromatic carbocycles. The molecule has 0 bridgehead atoms. The van der Waals surface area contributed by atoms with Gasteiger partial charge in [-0.3, -0.25) is 0 Å². The zero-order valence-electron chi connectivity index (χ0n) is 38.7.